The van der Waals surface area contributed by atoms with Crippen LogP contribution >= 0.6 is 11.3 Å². The number of nitrogen functional groups attached to an aromatic ring is 1. The Labute approximate surface area is 106 Å². The van der Waals surface area contributed by atoms with E-state index < -0.39 is 0 Å². The van der Waals surface area contributed by atoms with E-state index in [0.29, 0.717) is 23.4 Å². The molecule has 1 saturated heterocycles. The largest absolute Gasteiger partial charge is 0.375 e. The molecule has 1 aliphatic rings. The van der Waals surface area contributed by atoms with Gasteiger partial charge in [-0.3, -0.25) is 4.79 Å². The molecule has 2 unspecified atom stereocenters. The summed E-state index contributed by atoms with van der Waals surface area (Å²) >= 11 is 1.39. The molecule has 1 aromatic rings. The van der Waals surface area contributed by atoms with Gasteiger partial charge in [-0.1, -0.05) is 13.8 Å². The van der Waals surface area contributed by atoms with Gasteiger partial charge in [-0.15, -0.1) is 11.3 Å². The standard InChI is InChI=1S/C12H19N3OS/c1-8-3-9(2)6-15(5-8)11(16)4-10-7-17-12(13)14-10/h7-9H,3-6H2,1-2H3,(H2,13,14). The highest BCUT2D eigenvalue weighted by molar-refractivity contribution is 7.13. The number of carbonyl (C=O) groups is 1. The molecule has 2 rings (SSSR count). The lowest BCUT2D eigenvalue weighted by molar-refractivity contribution is -0.133. The Morgan fingerprint density at radius 2 is 2.18 bits per heavy atom. The fourth-order valence-electron chi connectivity index (χ4n) is 2.54. The van der Waals surface area contributed by atoms with E-state index in [2.05, 4.69) is 18.8 Å². The lowest BCUT2D eigenvalue weighted by atomic mass is 9.92. The highest BCUT2D eigenvalue weighted by Gasteiger charge is 2.25. The molecule has 17 heavy (non-hydrogen) atoms. The average molecular weight is 253 g/mol. The summed E-state index contributed by atoms with van der Waals surface area (Å²) in [5.74, 6) is 1.38. The van der Waals surface area contributed by atoms with Gasteiger partial charge in [-0.25, -0.2) is 4.98 Å². The molecule has 1 amide bonds. The SMILES string of the molecule is CC1CC(C)CN(C(=O)Cc2csc(N)n2)C1. The maximum atomic E-state index is 12.1. The second kappa shape index (κ2) is 5.04. The molecule has 2 heterocycles. The van der Waals surface area contributed by atoms with Crippen LogP contribution in [0.25, 0.3) is 0 Å². The second-order valence-electron chi connectivity index (χ2n) is 5.10. The summed E-state index contributed by atoms with van der Waals surface area (Å²) in [6.07, 6.45) is 1.60. The summed E-state index contributed by atoms with van der Waals surface area (Å²) in [6.45, 7) is 6.17. The van der Waals surface area contributed by atoms with Crippen molar-refractivity contribution >= 4 is 22.4 Å². The highest BCUT2D eigenvalue weighted by atomic mass is 32.1. The number of rotatable bonds is 2. The molecule has 0 spiro atoms. The monoisotopic (exact) mass is 253 g/mol. The van der Waals surface area contributed by atoms with Gasteiger partial charge >= 0.3 is 0 Å². The molecular weight excluding hydrogens is 234 g/mol. The van der Waals surface area contributed by atoms with E-state index in [1.165, 1.54) is 17.8 Å². The zero-order valence-corrected chi connectivity index (χ0v) is 11.2. The van der Waals surface area contributed by atoms with Crippen LogP contribution in [-0.4, -0.2) is 28.9 Å². The Morgan fingerprint density at radius 1 is 1.53 bits per heavy atom. The van der Waals surface area contributed by atoms with Crippen molar-refractivity contribution < 1.29 is 4.79 Å². The van der Waals surface area contributed by atoms with Gasteiger partial charge in [0.2, 0.25) is 5.91 Å². The number of nitrogens with two attached hydrogens (primary N) is 1. The predicted molar refractivity (Wildman–Crippen MR) is 69.8 cm³/mol. The predicted octanol–water partition coefficient (Wildman–Crippen LogP) is 1.77. The third-order valence-electron chi connectivity index (χ3n) is 3.12. The van der Waals surface area contributed by atoms with Gasteiger partial charge in [0.15, 0.2) is 5.13 Å². The molecule has 94 valence electrons. The topological polar surface area (TPSA) is 59.2 Å². The van der Waals surface area contributed by atoms with Crippen molar-refractivity contribution in [3.05, 3.63) is 11.1 Å². The number of thiazole rings is 1. The number of hydrogen-bond donors (Lipinski definition) is 1. The normalized spacial score (nSPS) is 24.9. The van der Waals surface area contributed by atoms with Crippen LogP contribution in [-0.2, 0) is 11.2 Å². The van der Waals surface area contributed by atoms with Crippen LogP contribution in [0.5, 0.6) is 0 Å². The Hall–Kier alpha value is -1.10. The van der Waals surface area contributed by atoms with Crippen molar-refractivity contribution in [2.45, 2.75) is 26.7 Å². The maximum Gasteiger partial charge on any atom is 0.228 e. The first-order chi connectivity index (χ1) is 8.04. The van der Waals surface area contributed by atoms with Gasteiger partial charge in [-0.05, 0) is 18.3 Å². The number of amides is 1. The first-order valence-electron chi connectivity index (χ1n) is 6.02. The van der Waals surface area contributed by atoms with Crippen molar-refractivity contribution in [1.82, 2.24) is 9.88 Å². The second-order valence-corrected chi connectivity index (χ2v) is 5.99. The molecule has 4 nitrogen and oxygen atoms in total. The molecule has 0 radical (unpaired) electrons. The summed E-state index contributed by atoms with van der Waals surface area (Å²) in [4.78, 5) is 18.2. The molecule has 0 aliphatic carbocycles. The van der Waals surface area contributed by atoms with E-state index in [0.717, 1.165) is 18.8 Å². The van der Waals surface area contributed by atoms with Gasteiger partial charge in [-0.2, -0.15) is 0 Å². The van der Waals surface area contributed by atoms with E-state index in [4.69, 9.17) is 5.73 Å². The van der Waals surface area contributed by atoms with E-state index >= 15 is 0 Å². The zero-order chi connectivity index (χ0) is 12.4. The van der Waals surface area contributed by atoms with E-state index in [1.807, 2.05) is 10.3 Å². The fraction of sp³-hybridized carbons (Fsp3) is 0.667. The lowest BCUT2D eigenvalue weighted by Gasteiger charge is -2.35. The fourth-order valence-corrected chi connectivity index (χ4v) is 3.10. The van der Waals surface area contributed by atoms with E-state index in [-0.39, 0.29) is 5.91 Å². The van der Waals surface area contributed by atoms with Crippen LogP contribution < -0.4 is 5.73 Å². The molecular formula is C12H19N3OS. The Balaban J connectivity index is 1.95. The van der Waals surface area contributed by atoms with Gasteiger partial charge < -0.3 is 10.6 Å². The van der Waals surface area contributed by atoms with Gasteiger partial charge in [0, 0.05) is 18.5 Å². The molecule has 1 aromatic heterocycles. The minimum atomic E-state index is 0.175. The maximum absolute atomic E-state index is 12.1. The number of carbonyl (C=O) groups excluding carboxylic acids is 1. The van der Waals surface area contributed by atoms with Crippen LogP contribution in [0.1, 0.15) is 26.0 Å². The zero-order valence-electron chi connectivity index (χ0n) is 10.3. The van der Waals surface area contributed by atoms with Crippen molar-refractivity contribution in [1.29, 1.82) is 0 Å². The molecule has 2 N–H and O–H groups in total. The van der Waals surface area contributed by atoms with Crippen LogP contribution in [0, 0.1) is 11.8 Å². The molecule has 0 aromatic carbocycles. The number of anilines is 1. The third kappa shape index (κ3) is 3.19. The number of piperidine rings is 1. The lowest BCUT2D eigenvalue weighted by Crippen LogP contribution is -2.43. The van der Waals surface area contributed by atoms with Crippen LogP contribution in [0.4, 0.5) is 5.13 Å². The van der Waals surface area contributed by atoms with Crippen molar-refractivity contribution in [2.24, 2.45) is 11.8 Å². The van der Waals surface area contributed by atoms with Gasteiger partial charge in [0.1, 0.15) is 0 Å². The average Bonchev–Trinajstić information content (AvgIpc) is 2.62. The van der Waals surface area contributed by atoms with Crippen molar-refractivity contribution in [3.63, 3.8) is 0 Å². The Bertz CT molecular complexity index is 394. The van der Waals surface area contributed by atoms with Gasteiger partial charge in [0.05, 0.1) is 12.1 Å². The Kier molecular flexibility index (Phi) is 3.66. The summed E-state index contributed by atoms with van der Waals surface area (Å²) in [5, 5.41) is 2.40. The molecule has 1 fully saturated rings. The number of aromatic nitrogens is 1. The number of nitrogens with zero attached hydrogens (tertiary/aromatic N) is 2. The van der Waals surface area contributed by atoms with E-state index in [9.17, 15) is 4.79 Å². The summed E-state index contributed by atoms with van der Waals surface area (Å²) in [7, 11) is 0. The summed E-state index contributed by atoms with van der Waals surface area (Å²) in [5.41, 5.74) is 6.35. The Morgan fingerprint density at radius 3 is 2.71 bits per heavy atom. The summed E-state index contributed by atoms with van der Waals surface area (Å²) in [6, 6.07) is 0. The smallest absolute Gasteiger partial charge is 0.228 e. The molecule has 0 bridgehead atoms. The first kappa shape index (κ1) is 12.4. The van der Waals surface area contributed by atoms with Crippen molar-refractivity contribution in [3.8, 4) is 0 Å². The number of likely N-dealkylation sites (tertiary alicyclic amines) is 1. The van der Waals surface area contributed by atoms with Crippen LogP contribution in [0.3, 0.4) is 0 Å². The van der Waals surface area contributed by atoms with Crippen molar-refractivity contribution in [2.75, 3.05) is 18.8 Å². The number of hydrogen-bond acceptors (Lipinski definition) is 4. The first-order valence-corrected chi connectivity index (χ1v) is 6.90. The van der Waals surface area contributed by atoms with E-state index in [1.54, 1.807) is 0 Å². The quantitative estimate of drug-likeness (QED) is 0.874. The van der Waals surface area contributed by atoms with Crippen LogP contribution in [0.2, 0.25) is 0 Å². The summed E-state index contributed by atoms with van der Waals surface area (Å²) < 4.78 is 0. The third-order valence-corrected chi connectivity index (χ3v) is 3.85. The minimum absolute atomic E-state index is 0.175. The molecule has 0 saturated carbocycles. The molecule has 5 heteroatoms. The van der Waals surface area contributed by atoms with Gasteiger partial charge in [0.25, 0.3) is 0 Å². The highest BCUT2D eigenvalue weighted by Crippen LogP contribution is 2.22. The molecule has 2 atom stereocenters. The minimum Gasteiger partial charge on any atom is -0.375 e. The van der Waals surface area contributed by atoms with Crippen LogP contribution in [0.15, 0.2) is 5.38 Å². The molecule has 1 aliphatic heterocycles.